The SMILES string of the molecule is O=C([O-])CCCNC(=O)CCCCC(S)CCS.O=C([O-])CCCNC(=O)CCCCC(S)CCS.[NaH].[Zn+2]. The Bertz CT molecular complexity index is 562. The largest absolute Gasteiger partial charge is 2.00 e. The van der Waals surface area contributed by atoms with Gasteiger partial charge in [0.25, 0.3) is 0 Å². The molecule has 0 aromatic carbocycles. The molecule has 0 aliphatic heterocycles. The maximum Gasteiger partial charge on any atom is 2.00 e. The van der Waals surface area contributed by atoms with Crippen LogP contribution in [0.25, 0.3) is 0 Å². The van der Waals surface area contributed by atoms with E-state index in [2.05, 4.69) is 61.1 Å². The fourth-order valence-electron chi connectivity index (χ4n) is 3.02. The molecule has 0 saturated carbocycles. The summed E-state index contributed by atoms with van der Waals surface area (Å²) in [6, 6.07) is 0. The quantitative estimate of drug-likeness (QED) is 0.0576. The van der Waals surface area contributed by atoms with E-state index in [1.165, 1.54) is 0 Å². The number of amides is 2. The molecule has 0 aliphatic carbocycles. The van der Waals surface area contributed by atoms with Gasteiger partial charge in [-0.05, 0) is 75.7 Å². The van der Waals surface area contributed by atoms with Crippen molar-refractivity contribution in [3.63, 3.8) is 0 Å². The fraction of sp³-hybridized carbons (Fsp3) is 0.833. The van der Waals surface area contributed by atoms with Crippen LogP contribution in [0.3, 0.4) is 0 Å². The first-order valence-corrected chi connectivity index (χ1v) is 14.9. The first-order valence-electron chi connectivity index (χ1n) is 12.6. The van der Waals surface area contributed by atoms with Crippen LogP contribution in [0.5, 0.6) is 0 Å². The molecular formula is C24H45N2NaO6S4Zn. The Labute approximate surface area is 285 Å². The van der Waals surface area contributed by atoms with E-state index in [1.807, 2.05) is 0 Å². The summed E-state index contributed by atoms with van der Waals surface area (Å²) >= 11 is 17.1. The normalized spacial score (nSPS) is 11.5. The molecule has 0 aliphatic rings. The van der Waals surface area contributed by atoms with E-state index in [4.69, 9.17) is 0 Å². The summed E-state index contributed by atoms with van der Waals surface area (Å²) in [7, 11) is 0. The van der Waals surface area contributed by atoms with E-state index in [0.29, 0.717) is 49.3 Å². The minimum atomic E-state index is -1.08. The number of nitrogens with one attached hydrogen (secondary N) is 2. The molecule has 0 heterocycles. The van der Waals surface area contributed by atoms with E-state index < -0.39 is 11.9 Å². The molecule has 2 N–H and O–H groups in total. The van der Waals surface area contributed by atoms with Gasteiger partial charge < -0.3 is 30.4 Å². The van der Waals surface area contributed by atoms with Gasteiger partial charge in [0.2, 0.25) is 11.8 Å². The van der Waals surface area contributed by atoms with Crippen LogP contribution in [0.1, 0.15) is 89.9 Å². The summed E-state index contributed by atoms with van der Waals surface area (Å²) in [6.45, 7) is 0.809. The predicted molar refractivity (Wildman–Crippen MR) is 161 cm³/mol. The van der Waals surface area contributed by atoms with Crippen molar-refractivity contribution < 1.29 is 48.9 Å². The number of carbonyl (C=O) groups is 4. The van der Waals surface area contributed by atoms with Crippen LogP contribution in [0.4, 0.5) is 0 Å². The van der Waals surface area contributed by atoms with Crippen molar-refractivity contribution in [2.75, 3.05) is 24.6 Å². The molecule has 8 nitrogen and oxygen atoms in total. The second-order valence-corrected chi connectivity index (χ2v) is 10.8. The summed E-state index contributed by atoms with van der Waals surface area (Å²) in [5.74, 6) is -0.502. The fourth-order valence-corrected chi connectivity index (χ4v) is 4.67. The molecular weight excluding hydrogens is 629 g/mol. The van der Waals surface area contributed by atoms with E-state index >= 15 is 0 Å². The molecule has 2 atom stereocenters. The topological polar surface area (TPSA) is 138 Å². The standard InChI is InChI=1S/2C12H23NO3S2.Na.Zn.H/c2*14-11(13-8-3-6-12(15)16)5-2-1-4-10(18)7-9-17;;;/h2*10,17-18H,1-9H2,(H,13,14)(H,15,16);;;/q;;;+2;/p-2. The van der Waals surface area contributed by atoms with Crippen LogP contribution in [0, 0.1) is 0 Å². The van der Waals surface area contributed by atoms with Crippen LogP contribution in [-0.4, -0.2) is 88.4 Å². The van der Waals surface area contributed by atoms with Crippen molar-refractivity contribution >= 4 is 104 Å². The number of carboxylic acid groups (broad SMARTS) is 2. The van der Waals surface area contributed by atoms with Gasteiger partial charge in [-0.15, -0.1) is 0 Å². The van der Waals surface area contributed by atoms with Gasteiger partial charge in [0.05, 0.1) is 0 Å². The summed E-state index contributed by atoms with van der Waals surface area (Å²) in [6.07, 6.45) is 9.45. The first-order chi connectivity index (χ1) is 17.1. The Morgan fingerprint density at radius 2 is 0.921 bits per heavy atom. The molecule has 0 radical (unpaired) electrons. The Hall–Kier alpha value is 0.903. The molecule has 0 aromatic rings. The second-order valence-electron chi connectivity index (χ2n) is 8.47. The van der Waals surface area contributed by atoms with Crippen molar-refractivity contribution in [2.45, 2.75) is 100 Å². The summed E-state index contributed by atoms with van der Waals surface area (Å²) in [5.41, 5.74) is 0. The molecule has 0 fully saturated rings. The van der Waals surface area contributed by atoms with Gasteiger partial charge in [-0.2, -0.15) is 50.5 Å². The summed E-state index contributed by atoms with van der Waals surface area (Å²) < 4.78 is 0. The van der Waals surface area contributed by atoms with E-state index in [1.54, 1.807) is 0 Å². The monoisotopic (exact) mass is 672 g/mol. The predicted octanol–water partition coefficient (Wildman–Crippen LogP) is 0.972. The van der Waals surface area contributed by atoms with Crippen molar-refractivity contribution in [1.29, 1.82) is 0 Å². The van der Waals surface area contributed by atoms with Crippen molar-refractivity contribution in [1.82, 2.24) is 10.6 Å². The van der Waals surface area contributed by atoms with Gasteiger partial charge in [0.1, 0.15) is 0 Å². The van der Waals surface area contributed by atoms with Crippen molar-refractivity contribution in [2.24, 2.45) is 0 Å². The van der Waals surface area contributed by atoms with Crippen molar-refractivity contribution in [3.05, 3.63) is 0 Å². The maximum atomic E-state index is 11.4. The van der Waals surface area contributed by atoms with Gasteiger partial charge in [-0.3, -0.25) is 9.59 Å². The van der Waals surface area contributed by atoms with Gasteiger partial charge in [0, 0.05) is 48.4 Å². The average molecular weight is 674 g/mol. The Kier molecular flexibility index (Phi) is 41.2. The van der Waals surface area contributed by atoms with Crippen molar-refractivity contribution in [3.8, 4) is 0 Å². The number of carbonyl (C=O) groups excluding carboxylic acids is 4. The van der Waals surface area contributed by atoms with E-state index in [9.17, 15) is 29.4 Å². The Morgan fingerprint density at radius 1 is 0.579 bits per heavy atom. The molecule has 14 heteroatoms. The third-order valence-corrected chi connectivity index (χ3v) is 6.62. The van der Waals surface area contributed by atoms with Crippen LogP contribution in [-0.2, 0) is 38.7 Å². The summed E-state index contributed by atoms with van der Waals surface area (Å²) in [5, 5.41) is 26.4. The van der Waals surface area contributed by atoms with Gasteiger partial charge in [-0.1, -0.05) is 12.8 Å². The summed E-state index contributed by atoms with van der Waals surface area (Å²) in [4.78, 5) is 43.0. The number of unbranched alkanes of at least 4 members (excludes halogenated alkanes) is 2. The molecule has 38 heavy (non-hydrogen) atoms. The molecule has 0 rings (SSSR count). The smallest absolute Gasteiger partial charge is 2.00 e. The molecule has 2 unspecified atom stereocenters. The zero-order chi connectivity index (χ0) is 27.6. The van der Waals surface area contributed by atoms with Gasteiger partial charge in [0.15, 0.2) is 0 Å². The second kappa shape index (κ2) is 34.1. The molecule has 0 saturated heterocycles. The zero-order valence-electron chi connectivity index (χ0n) is 21.8. The van der Waals surface area contributed by atoms with Crippen LogP contribution in [0.2, 0.25) is 0 Å². The van der Waals surface area contributed by atoms with E-state index in [-0.39, 0.29) is 73.7 Å². The Balaban J connectivity index is -0.000000289. The number of rotatable bonds is 22. The molecule has 214 valence electrons. The van der Waals surface area contributed by atoms with Crippen LogP contribution >= 0.6 is 50.5 Å². The third kappa shape index (κ3) is 39.0. The number of carboxylic acids is 2. The molecule has 2 amide bonds. The van der Waals surface area contributed by atoms with Crippen LogP contribution < -0.4 is 20.8 Å². The average Bonchev–Trinajstić information content (AvgIpc) is 2.81. The molecule has 0 aromatic heterocycles. The number of hydrogen-bond donors (Lipinski definition) is 6. The minimum absolute atomic E-state index is 0. The number of aliphatic carboxylic acids is 2. The Morgan fingerprint density at radius 3 is 1.21 bits per heavy atom. The van der Waals surface area contributed by atoms with E-state index in [0.717, 1.165) is 62.9 Å². The van der Waals surface area contributed by atoms with Crippen LogP contribution in [0.15, 0.2) is 0 Å². The number of hydrogen-bond acceptors (Lipinski definition) is 10. The minimum Gasteiger partial charge on any atom is 2.00 e. The molecule has 0 bridgehead atoms. The van der Waals surface area contributed by atoms with Gasteiger partial charge >= 0.3 is 49.0 Å². The van der Waals surface area contributed by atoms with Gasteiger partial charge in [-0.25, -0.2) is 0 Å². The first kappa shape index (κ1) is 45.9. The maximum absolute atomic E-state index is 11.4. The number of thiol groups is 4. The molecule has 0 spiro atoms. The zero-order valence-corrected chi connectivity index (χ0v) is 28.4. The third-order valence-electron chi connectivity index (χ3n) is 5.07.